The van der Waals surface area contributed by atoms with Gasteiger partial charge in [-0.25, -0.2) is 0 Å². The monoisotopic (exact) mass is 395 g/mol. The molecule has 1 amide bonds. The quantitative estimate of drug-likeness (QED) is 0.265. The minimum absolute atomic E-state index is 0.144. The summed E-state index contributed by atoms with van der Waals surface area (Å²) in [5.41, 5.74) is 0.192. The summed E-state index contributed by atoms with van der Waals surface area (Å²) in [6, 6.07) is 13.3. The van der Waals surface area contributed by atoms with E-state index in [2.05, 4.69) is 0 Å². The fourth-order valence-electron chi connectivity index (χ4n) is 3.38. The van der Waals surface area contributed by atoms with Gasteiger partial charge in [-0.1, -0.05) is 42.5 Å². The number of carbonyl (C=O) groups is 2. The van der Waals surface area contributed by atoms with Crippen LogP contribution < -0.4 is 0 Å². The van der Waals surface area contributed by atoms with Crippen molar-refractivity contribution >= 4 is 23.1 Å². The standard InChI is InChI=1S/C21H21N3O5/c1-22(2)12-13-23-18(15-10-6-7-11-16(15)24(28)29)17(20(26)21(23)27)19(25)14-8-4-3-5-9-14/h3-11,18,25H,12-13H2,1-2H3/t18-/m1/s1. The first kappa shape index (κ1) is 20.2. The van der Waals surface area contributed by atoms with Gasteiger partial charge in [-0.05, 0) is 20.2 Å². The van der Waals surface area contributed by atoms with Crippen molar-refractivity contribution in [1.29, 1.82) is 0 Å². The summed E-state index contributed by atoms with van der Waals surface area (Å²) in [5, 5.41) is 22.5. The molecule has 8 nitrogen and oxygen atoms in total. The van der Waals surface area contributed by atoms with E-state index >= 15 is 0 Å². The Bertz CT molecular complexity index is 985. The second-order valence-corrected chi connectivity index (χ2v) is 6.98. The maximum atomic E-state index is 12.8. The van der Waals surface area contributed by atoms with Gasteiger partial charge in [0.25, 0.3) is 17.4 Å². The summed E-state index contributed by atoms with van der Waals surface area (Å²) in [5.74, 6) is -1.99. The minimum Gasteiger partial charge on any atom is -0.507 e. The molecule has 0 saturated carbocycles. The number of hydrogen-bond donors (Lipinski definition) is 1. The number of benzene rings is 2. The highest BCUT2D eigenvalue weighted by molar-refractivity contribution is 6.46. The molecule has 1 aliphatic rings. The second kappa shape index (κ2) is 8.24. The van der Waals surface area contributed by atoms with Crippen LogP contribution in [0.1, 0.15) is 17.2 Å². The molecule has 29 heavy (non-hydrogen) atoms. The van der Waals surface area contributed by atoms with Gasteiger partial charge in [-0.15, -0.1) is 0 Å². The smallest absolute Gasteiger partial charge is 0.295 e. The van der Waals surface area contributed by atoms with Gasteiger partial charge in [-0.2, -0.15) is 0 Å². The molecule has 0 aliphatic carbocycles. The molecule has 1 aliphatic heterocycles. The van der Waals surface area contributed by atoms with Crippen LogP contribution in [-0.4, -0.2) is 58.7 Å². The van der Waals surface area contributed by atoms with Crippen LogP contribution in [-0.2, 0) is 9.59 Å². The third-order valence-electron chi connectivity index (χ3n) is 4.80. The van der Waals surface area contributed by atoms with E-state index in [-0.39, 0.29) is 29.1 Å². The van der Waals surface area contributed by atoms with E-state index in [1.165, 1.54) is 23.1 Å². The predicted octanol–water partition coefficient (Wildman–Crippen LogP) is 2.58. The first-order valence-corrected chi connectivity index (χ1v) is 9.04. The Hall–Kier alpha value is -3.52. The molecule has 0 unspecified atom stereocenters. The van der Waals surface area contributed by atoms with Crippen molar-refractivity contribution < 1.29 is 19.6 Å². The molecule has 0 aromatic heterocycles. The molecule has 0 bridgehead atoms. The normalized spacial score (nSPS) is 18.4. The highest BCUT2D eigenvalue weighted by Gasteiger charge is 2.47. The zero-order chi connectivity index (χ0) is 21.1. The Balaban J connectivity index is 2.22. The van der Waals surface area contributed by atoms with E-state index in [0.29, 0.717) is 12.1 Å². The van der Waals surface area contributed by atoms with Crippen LogP contribution in [0.2, 0.25) is 0 Å². The average Bonchev–Trinajstić information content (AvgIpc) is 2.96. The second-order valence-electron chi connectivity index (χ2n) is 6.98. The zero-order valence-electron chi connectivity index (χ0n) is 16.1. The number of likely N-dealkylation sites (N-methyl/N-ethyl adjacent to an activating group) is 1. The van der Waals surface area contributed by atoms with Crippen LogP contribution in [0.3, 0.4) is 0 Å². The highest BCUT2D eigenvalue weighted by atomic mass is 16.6. The van der Waals surface area contributed by atoms with Gasteiger partial charge in [0.1, 0.15) is 5.76 Å². The number of aliphatic hydroxyl groups is 1. The van der Waals surface area contributed by atoms with Gasteiger partial charge < -0.3 is 14.9 Å². The van der Waals surface area contributed by atoms with E-state index in [4.69, 9.17) is 0 Å². The number of nitro benzene ring substituents is 1. The summed E-state index contributed by atoms with van der Waals surface area (Å²) in [7, 11) is 3.64. The molecule has 1 heterocycles. The fourth-order valence-corrected chi connectivity index (χ4v) is 3.38. The number of ketones is 1. The number of para-hydroxylation sites is 1. The number of likely N-dealkylation sites (tertiary alicyclic amines) is 1. The van der Waals surface area contributed by atoms with E-state index in [9.17, 15) is 24.8 Å². The molecule has 8 heteroatoms. The molecule has 1 atom stereocenters. The summed E-state index contributed by atoms with van der Waals surface area (Å²) >= 11 is 0. The molecule has 2 aromatic carbocycles. The van der Waals surface area contributed by atoms with Gasteiger partial charge in [0.2, 0.25) is 0 Å². The fraction of sp³-hybridized carbons (Fsp3) is 0.238. The van der Waals surface area contributed by atoms with Crippen LogP contribution in [0.15, 0.2) is 60.2 Å². The Morgan fingerprint density at radius 1 is 1.10 bits per heavy atom. The number of aliphatic hydroxyl groups excluding tert-OH is 1. The molecular weight excluding hydrogens is 374 g/mol. The van der Waals surface area contributed by atoms with Crippen molar-refractivity contribution in [3.05, 3.63) is 81.4 Å². The average molecular weight is 395 g/mol. The lowest BCUT2D eigenvalue weighted by molar-refractivity contribution is -0.385. The number of hydrogen-bond acceptors (Lipinski definition) is 6. The first-order chi connectivity index (χ1) is 13.8. The molecule has 3 rings (SSSR count). The maximum Gasteiger partial charge on any atom is 0.295 e. The molecule has 0 radical (unpaired) electrons. The summed E-state index contributed by atoms with van der Waals surface area (Å²) in [4.78, 5) is 39.8. The van der Waals surface area contributed by atoms with Crippen LogP contribution in [0.4, 0.5) is 5.69 Å². The van der Waals surface area contributed by atoms with E-state index in [0.717, 1.165) is 0 Å². The van der Waals surface area contributed by atoms with E-state index in [1.54, 1.807) is 36.4 Å². The van der Waals surface area contributed by atoms with Crippen molar-refractivity contribution in [1.82, 2.24) is 9.80 Å². The van der Waals surface area contributed by atoms with Crippen LogP contribution >= 0.6 is 0 Å². The number of nitrogens with zero attached hydrogens (tertiary/aromatic N) is 3. The third-order valence-corrected chi connectivity index (χ3v) is 4.80. The number of amides is 1. The van der Waals surface area contributed by atoms with Gasteiger partial charge in [-0.3, -0.25) is 19.7 Å². The molecule has 1 saturated heterocycles. The van der Waals surface area contributed by atoms with Gasteiger partial charge in [0.15, 0.2) is 0 Å². The molecule has 1 N–H and O–H groups in total. The molecular formula is C21H21N3O5. The lowest BCUT2D eigenvalue weighted by Crippen LogP contribution is -2.35. The zero-order valence-corrected chi connectivity index (χ0v) is 16.1. The van der Waals surface area contributed by atoms with Crippen LogP contribution in [0.5, 0.6) is 0 Å². The van der Waals surface area contributed by atoms with Crippen molar-refractivity contribution in [2.24, 2.45) is 0 Å². The third kappa shape index (κ3) is 3.88. The maximum absolute atomic E-state index is 12.8. The van der Waals surface area contributed by atoms with Crippen molar-refractivity contribution in [3.63, 3.8) is 0 Å². The van der Waals surface area contributed by atoms with Gasteiger partial charge >= 0.3 is 0 Å². The summed E-state index contributed by atoms with van der Waals surface area (Å²) < 4.78 is 0. The number of nitro groups is 1. The van der Waals surface area contributed by atoms with Gasteiger partial charge in [0, 0.05) is 24.7 Å². The van der Waals surface area contributed by atoms with Gasteiger partial charge in [0.05, 0.1) is 22.1 Å². The summed E-state index contributed by atoms with van der Waals surface area (Å²) in [6.45, 7) is 0.634. The Kier molecular flexibility index (Phi) is 5.74. The largest absolute Gasteiger partial charge is 0.507 e. The Morgan fingerprint density at radius 3 is 2.34 bits per heavy atom. The van der Waals surface area contributed by atoms with Crippen molar-refractivity contribution in [3.8, 4) is 0 Å². The van der Waals surface area contributed by atoms with E-state index < -0.39 is 22.7 Å². The lowest BCUT2D eigenvalue weighted by atomic mass is 9.94. The molecule has 0 spiro atoms. The molecule has 1 fully saturated rings. The number of carbonyl (C=O) groups excluding carboxylic acids is 2. The van der Waals surface area contributed by atoms with E-state index in [1.807, 2.05) is 19.0 Å². The highest BCUT2D eigenvalue weighted by Crippen LogP contribution is 2.42. The lowest BCUT2D eigenvalue weighted by Gasteiger charge is -2.26. The Labute approximate surface area is 167 Å². The Morgan fingerprint density at radius 2 is 1.72 bits per heavy atom. The summed E-state index contributed by atoms with van der Waals surface area (Å²) in [6.07, 6.45) is 0. The molecule has 150 valence electrons. The van der Waals surface area contributed by atoms with Crippen molar-refractivity contribution in [2.75, 3.05) is 27.2 Å². The topological polar surface area (TPSA) is 104 Å². The van der Waals surface area contributed by atoms with Crippen LogP contribution in [0.25, 0.3) is 5.76 Å². The number of Topliss-reactive ketones (excluding diaryl/α,β-unsaturated/α-hetero) is 1. The number of rotatable bonds is 6. The minimum atomic E-state index is -1.04. The SMILES string of the molecule is CN(C)CCN1C(=O)C(=O)C(=C(O)c2ccccc2)[C@H]1c1ccccc1[N+](=O)[O-]. The molecule has 2 aromatic rings. The first-order valence-electron chi connectivity index (χ1n) is 9.04. The van der Waals surface area contributed by atoms with Crippen molar-refractivity contribution in [2.45, 2.75) is 6.04 Å². The van der Waals surface area contributed by atoms with Crippen LogP contribution in [0, 0.1) is 10.1 Å². The predicted molar refractivity (Wildman–Crippen MR) is 107 cm³/mol.